The normalized spacial score (nSPS) is 13.0. The van der Waals surface area contributed by atoms with E-state index in [9.17, 15) is 9.59 Å². The van der Waals surface area contributed by atoms with Gasteiger partial charge in [0, 0.05) is 18.2 Å². The molecule has 2 amide bonds. The Bertz CT molecular complexity index is 1300. The smallest absolute Gasteiger partial charge is 0.276 e. The molecular weight excluding hydrogens is 416 g/mol. The second-order valence-electron chi connectivity index (χ2n) is 8.30. The van der Waals surface area contributed by atoms with Gasteiger partial charge in [-0.2, -0.15) is 10.2 Å². The van der Waals surface area contributed by atoms with Crippen LogP contribution in [0, 0.1) is 12.8 Å². The molecule has 0 saturated heterocycles. The lowest BCUT2D eigenvalue weighted by molar-refractivity contribution is -0.117. The molecule has 2 aromatic carbocycles. The summed E-state index contributed by atoms with van der Waals surface area (Å²) in [5, 5.41) is 14.6. The zero-order valence-electron chi connectivity index (χ0n) is 18.2. The number of hydrogen-bond donors (Lipinski definition) is 2. The summed E-state index contributed by atoms with van der Waals surface area (Å²) in [6.07, 6.45) is 5.18. The third kappa shape index (κ3) is 4.85. The van der Waals surface area contributed by atoms with E-state index in [2.05, 4.69) is 26.9 Å². The molecule has 0 bridgehead atoms. The van der Waals surface area contributed by atoms with Crippen LogP contribution < -0.4 is 10.6 Å². The van der Waals surface area contributed by atoms with Gasteiger partial charge in [0.25, 0.3) is 5.91 Å². The first-order valence-corrected chi connectivity index (χ1v) is 10.9. The van der Waals surface area contributed by atoms with E-state index in [4.69, 9.17) is 0 Å². The van der Waals surface area contributed by atoms with Gasteiger partial charge in [-0.15, -0.1) is 0 Å². The lowest BCUT2D eigenvalue weighted by atomic mass is 10.1. The van der Waals surface area contributed by atoms with Crippen LogP contribution in [0.2, 0.25) is 0 Å². The number of carbonyl (C=O) groups excluding carboxylic acids is 2. The maximum Gasteiger partial charge on any atom is 0.276 e. The van der Waals surface area contributed by atoms with Crippen molar-refractivity contribution in [2.45, 2.75) is 26.3 Å². The number of nitrogens with zero attached hydrogens (tertiary/aromatic N) is 4. The monoisotopic (exact) mass is 440 g/mol. The van der Waals surface area contributed by atoms with E-state index in [-0.39, 0.29) is 23.4 Å². The van der Waals surface area contributed by atoms with E-state index in [1.54, 1.807) is 27.8 Å². The first-order chi connectivity index (χ1) is 16.0. The molecule has 5 rings (SSSR count). The van der Waals surface area contributed by atoms with Crippen LogP contribution in [0.25, 0.3) is 5.69 Å². The van der Waals surface area contributed by atoms with Crippen molar-refractivity contribution >= 4 is 23.3 Å². The molecule has 8 nitrogen and oxygen atoms in total. The van der Waals surface area contributed by atoms with Gasteiger partial charge in [0.2, 0.25) is 5.91 Å². The molecule has 2 aromatic heterocycles. The van der Waals surface area contributed by atoms with Crippen molar-refractivity contribution < 1.29 is 9.59 Å². The quantitative estimate of drug-likeness (QED) is 0.454. The number of aromatic nitrogens is 4. The van der Waals surface area contributed by atoms with E-state index in [1.807, 2.05) is 55.5 Å². The predicted molar refractivity (Wildman–Crippen MR) is 125 cm³/mol. The summed E-state index contributed by atoms with van der Waals surface area (Å²) < 4.78 is 3.35. The second kappa shape index (κ2) is 8.74. The molecule has 8 heteroatoms. The van der Waals surface area contributed by atoms with Gasteiger partial charge in [-0.3, -0.25) is 14.3 Å². The SMILES string of the molecule is Cc1cccc(Cn2cc(NC(=O)c3cc(NC(=O)C4CC4)n(-c4ccccc4)n3)cn2)c1. The van der Waals surface area contributed by atoms with Crippen molar-refractivity contribution in [3.8, 4) is 5.69 Å². The maximum absolute atomic E-state index is 12.9. The average molecular weight is 441 g/mol. The van der Waals surface area contributed by atoms with E-state index in [0.717, 1.165) is 24.1 Å². The minimum Gasteiger partial charge on any atom is -0.318 e. The molecule has 0 radical (unpaired) electrons. The average Bonchev–Trinajstić information content (AvgIpc) is 3.45. The van der Waals surface area contributed by atoms with Crippen molar-refractivity contribution in [2.24, 2.45) is 5.92 Å². The van der Waals surface area contributed by atoms with Crippen molar-refractivity contribution in [2.75, 3.05) is 10.6 Å². The fourth-order valence-corrected chi connectivity index (χ4v) is 3.63. The van der Waals surface area contributed by atoms with Crippen molar-refractivity contribution in [1.29, 1.82) is 0 Å². The Morgan fingerprint density at radius 2 is 1.85 bits per heavy atom. The van der Waals surface area contributed by atoms with Crippen LogP contribution in [0.15, 0.2) is 73.1 Å². The number of benzene rings is 2. The van der Waals surface area contributed by atoms with Crippen LogP contribution in [-0.2, 0) is 11.3 Å². The number of para-hydroxylation sites is 1. The molecule has 1 saturated carbocycles. The second-order valence-corrected chi connectivity index (χ2v) is 8.30. The number of anilines is 2. The minimum atomic E-state index is -0.373. The standard InChI is InChI=1S/C25H24N6O2/c1-17-6-5-7-18(12-17)15-30-16-20(14-26-30)27-25(33)22-13-23(28-24(32)19-10-11-19)31(29-22)21-8-3-2-4-9-21/h2-9,12-14,16,19H,10-11,15H2,1H3,(H,27,33)(H,28,32). The van der Waals surface area contributed by atoms with Crippen molar-refractivity contribution in [1.82, 2.24) is 19.6 Å². The highest BCUT2D eigenvalue weighted by Gasteiger charge is 2.30. The predicted octanol–water partition coefficient (Wildman–Crippen LogP) is 4.03. The van der Waals surface area contributed by atoms with E-state index in [0.29, 0.717) is 18.1 Å². The number of nitrogens with one attached hydrogen (secondary N) is 2. The van der Waals surface area contributed by atoms with Gasteiger partial charge in [0.1, 0.15) is 5.82 Å². The summed E-state index contributed by atoms with van der Waals surface area (Å²) in [5.41, 5.74) is 3.86. The molecule has 2 N–H and O–H groups in total. The molecule has 0 unspecified atom stereocenters. The molecule has 1 fully saturated rings. The van der Waals surface area contributed by atoms with E-state index in [1.165, 1.54) is 5.56 Å². The first-order valence-electron chi connectivity index (χ1n) is 10.9. The minimum absolute atomic E-state index is 0.0423. The van der Waals surface area contributed by atoms with E-state index >= 15 is 0 Å². The Hall–Kier alpha value is -4.20. The van der Waals surface area contributed by atoms with Gasteiger partial charge >= 0.3 is 0 Å². The summed E-state index contributed by atoms with van der Waals surface area (Å²) in [5.74, 6) is 0.0946. The first kappa shape index (κ1) is 20.7. The van der Waals surface area contributed by atoms with Gasteiger partial charge < -0.3 is 10.6 Å². The van der Waals surface area contributed by atoms with Crippen LogP contribution in [0.1, 0.15) is 34.5 Å². The fraction of sp³-hybridized carbons (Fsp3) is 0.200. The van der Waals surface area contributed by atoms with Crippen LogP contribution >= 0.6 is 0 Å². The fourth-order valence-electron chi connectivity index (χ4n) is 3.63. The number of rotatable bonds is 7. The van der Waals surface area contributed by atoms with Gasteiger partial charge in [-0.1, -0.05) is 48.0 Å². The summed E-state index contributed by atoms with van der Waals surface area (Å²) >= 11 is 0. The number of carbonyl (C=O) groups is 2. The molecule has 33 heavy (non-hydrogen) atoms. The zero-order chi connectivity index (χ0) is 22.8. The van der Waals surface area contributed by atoms with E-state index < -0.39 is 0 Å². The highest BCUT2D eigenvalue weighted by molar-refractivity contribution is 6.04. The summed E-state index contributed by atoms with van der Waals surface area (Å²) in [6, 6.07) is 19.2. The van der Waals surface area contributed by atoms with Crippen LogP contribution in [-0.4, -0.2) is 31.4 Å². The summed E-state index contributed by atoms with van der Waals surface area (Å²) in [6.45, 7) is 2.66. The van der Waals surface area contributed by atoms with Gasteiger partial charge in [0.15, 0.2) is 5.69 Å². The van der Waals surface area contributed by atoms with Crippen LogP contribution in [0.3, 0.4) is 0 Å². The zero-order valence-corrected chi connectivity index (χ0v) is 18.2. The molecule has 0 aliphatic heterocycles. The Kier molecular flexibility index (Phi) is 5.48. The lowest BCUT2D eigenvalue weighted by Gasteiger charge is -2.08. The number of aryl methyl sites for hydroxylation is 1. The molecule has 166 valence electrons. The molecule has 1 aliphatic rings. The Morgan fingerprint density at radius 1 is 1.03 bits per heavy atom. The molecular formula is C25H24N6O2. The summed E-state index contributed by atoms with van der Waals surface area (Å²) in [4.78, 5) is 25.3. The van der Waals surface area contributed by atoms with Gasteiger partial charge in [-0.05, 0) is 37.5 Å². The number of hydrogen-bond acceptors (Lipinski definition) is 4. The van der Waals surface area contributed by atoms with Gasteiger partial charge in [0.05, 0.1) is 24.1 Å². The Balaban J connectivity index is 1.33. The molecule has 2 heterocycles. The Morgan fingerprint density at radius 3 is 2.61 bits per heavy atom. The topological polar surface area (TPSA) is 93.8 Å². The van der Waals surface area contributed by atoms with Crippen LogP contribution in [0.4, 0.5) is 11.5 Å². The molecule has 1 aliphatic carbocycles. The lowest BCUT2D eigenvalue weighted by Crippen LogP contribution is -2.16. The maximum atomic E-state index is 12.9. The van der Waals surface area contributed by atoms with Crippen molar-refractivity contribution in [3.05, 3.63) is 89.9 Å². The number of amides is 2. The van der Waals surface area contributed by atoms with Crippen molar-refractivity contribution in [3.63, 3.8) is 0 Å². The highest BCUT2D eigenvalue weighted by atomic mass is 16.2. The molecule has 0 atom stereocenters. The molecule has 4 aromatic rings. The Labute approximate surface area is 191 Å². The van der Waals surface area contributed by atoms with Crippen LogP contribution in [0.5, 0.6) is 0 Å². The molecule has 0 spiro atoms. The third-order valence-corrected chi connectivity index (χ3v) is 5.46. The van der Waals surface area contributed by atoms with Gasteiger partial charge in [-0.25, -0.2) is 4.68 Å². The summed E-state index contributed by atoms with van der Waals surface area (Å²) in [7, 11) is 0. The highest BCUT2D eigenvalue weighted by Crippen LogP contribution is 2.30. The third-order valence-electron chi connectivity index (χ3n) is 5.46. The largest absolute Gasteiger partial charge is 0.318 e.